The van der Waals surface area contributed by atoms with Crippen LogP contribution < -0.4 is 10.1 Å². The summed E-state index contributed by atoms with van der Waals surface area (Å²) in [5.41, 5.74) is 1.65. The zero-order valence-electron chi connectivity index (χ0n) is 15.3. The maximum Gasteiger partial charge on any atom is 0.259 e. The van der Waals surface area contributed by atoms with E-state index in [-0.39, 0.29) is 11.7 Å². The molecule has 2 aromatic carbocycles. The molecule has 0 spiro atoms. The number of methoxy groups -OCH3 is 1. The summed E-state index contributed by atoms with van der Waals surface area (Å²) in [6, 6.07) is 12.2. The number of hydrogen-bond acceptors (Lipinski definition) is 4. The van der Waals surface area contributed by atoms with E-state index >= 15 is 0 Å². The Morgan fingerprint density at radius 1 is 1.08 bits per heavy atom. The van der Waals surface area contributed by atoms with E-state index in [9.17, 15) is 9.59 Å². The second-order valence-corrected chi connectivity index (χ2v) is 7.13. The van der Waals surface area contributed by atoms with Gasteiger partial charge in [0.25, 0.3) is 5.91 Å². The molecule has 0 unspecified atom stereocenters. The minimum atomic E-state index is -0.486. The Kier molecular flexibility index (Phi) is 4.55. The fourth-order valence-electron chi connectivity index (χ4n) is 2.68. The number of rotatable bonds is 4. The second kappa shape index (κ2) is 6.67. The van der Waals surface area contributed by atoms with Gasteiger partial charge in [0, 0.05) is 22.1 Å². The molecule has 0 aliphatic heterocycles. The predicted octanol–water partition coefficient (Wildman–Crippen LogP) is 4.92. The standard InChI is InChI=1S/C21H21NO4/c1-21(2,3)19(23)13-6-5-7-14(10-13)22-20(24)17-12-26-18-9-8-15(25-4)11-16(17)18/h5-12H,1-4H3,(H,22,24). The summed E-state index contributed by atoms with van der Waals surface area (Å²) < 4.78 is 10.7. The third kappa shape index (κ3) is 3.47. The molecule has 26 heavy (non-hydrogen) atoms. The van der Waals surface area contributed by atoms with Crippen molar-refractivity contribution in [2.75, 3.05) is 12.4 Å². The fraction of sp³-hybridized carbons (Fsp3) is 0.238. The number of fused-ring (bicyclic) bond motifs is 1. The largest absolute Gasteiger partial charge is 0.497 e. The summed E-state index contributed by atoms with van der Waals surface area (Å²) in [7, 11) is 1.57. The quantitative estimate of drug-likeness (QED) is 0.677. The summed E-state index contributed by atoms with van der Waals surface area (Å²) in [6.07, 6.45) is 1.42. The van der Waals surface area contributed by atoms with Crippen LogP contribution >= 0.6 is 0 Å². The average Bonchev–Trinajstić information content (AvgIpc) is 3.03. The number of nitrogens with one attached hydrogen (secondary N) is 1. The number of carbonyl (C=O) groups is 2. The van der Waals surface area contributed by atoms with Gasteiger partial charge < -0.3 is 14.5 Å². The highest BCUT2D eigenvalue weighted by molar-refractivity contribution is 6.12. The molecule has 1 N–H and O–H groups in total. The molecule has 0 fully saturated rings. The summed E-state index contributed by atoms with van der Waals surface area (Å²) in [5, 5.41) is 3.50. The van der Waals surface area contributed by atoms with Crippen molar-refractivity contribution < 1.29 is 18.7 Å². The Morgan fingerprint density at radius 2 is 1.85 bits per heavy atom. The molecule has 5 nitrogen and oxygen atoms in total. The third-order valence-corrected chi connectivity index (χ3v) is 4.09. The smallest absolute Gasteiger partial charge is 0.259 e. The van der Waals surface area contributed by atoms with Crippen molar-refractivity contribution in [2.24, 2.45) is 5.41 Å². The number of carbonyl (C=O) groups excluding carboxylic acids is 2. The molecule has 0 radical (unpaired) electrons. The number of anilines is 1. The van der Waals surface area contributed by atoms with Crippen molar-refractivity contribution in [3.05, 3.63) is 59.9 Å². The highest BCUT2D eigenvalue weighted by Crippen LogP contribution is 2.27. The van der Waals surface area contributed by atoms with E-state index in [1.54, 1.807) is 49.6 Å². The fourth-order valence-corrected chi connectivity index (χ4v) is 2.68. The van der Waals surface area contributed by atoms with Crippen LogP contribution in [0.25, 0.3) is 11.0 Å². The van der Waals surface area contributed by atoms with Gasteiger partial charge in [0.1, 0.15) is 17.6 Å². The van der Waals surface area contributed by atoms with Crippen LogP contribution in [0.2, 0.25) is 0 Å². The zero-order valence-corrected chi connectivity index (χ0v) is 15.3. The molecule has 0 saturated carbocycles. The minimum absolute atomic E-state index is 0.0205. The van der Waals surface area contributed by atoms with E-state index in [0.29, 0.717) is 33.5 Å². The van der Waals surface area contributed by atoms with E-state index in [1.165, 1.54) is 6.26 Å². The minimum Gasteiger partial charge on any atom is -0.497 e. The molecule has 1 aromatic heterocycles. The molecule has 0 saturated heterocycles. The first-order valence-electron chi connectivity index (χ1n) is 8.31. The first kappa shape index (κ1) is 17.7. The van der Waals surface area contributed by atoms with Gasteiger partial charge >= 0.3 is 0 Å². The van der Waals surface area contributed by atoms with Crippen LogP contribution in [0.15, 0.2) is 53.1 Å². The van der Waals surface area contributed by atoms with Gasteiger partial charge in [-0.25, -0.2) is 0 Å². The Labute approximate surface area is 152 Å². The molecule has 5 heteroatoms. The molecular formula is C21H21NO4. The Morgan fingerprint density at radius 3 is 2.54 bits per heavy atom. The van der Waals surface area contributed by atoms with Crippen LogP contribution in [-0.4, -0.2) is 18.8 Å². The Hall–Kier alpha value is -3.08. The molecule has 1 amide bonds. The van der Waals surface area contributed by atoms with E-state index in [4.69, 9.17) is 9.15 Å². The molecule has 0 aliphatic rings. The van der Waals surface area contributed by atoms with E-state index in [2.05, 4.69) is 5.32 Å². The van der Waals surface area contributed by atoms with Crippen molar-refractivity contribution in [3.8, 4) is 5.75 Å². The lowest BCUT2D eigenvalue weighted by atomic mass is 9.86. The van der Waals surface area contributed by atoms with Crippen molar-refractivity contribution in [1.29, 1.82) is 0 Å². The lowest BCUT2D eigenvalue weighted by molar-refractivity contribution is 0.0858. The number of Topliss-reactive ketones (excluding diaryl/α,β-unsaturated/α-hetero) is 1. The molecular weight excluding hydrogens is 330 g/mol. The van der Waals surface area contributed by atoms with Crippen LogP contribution in [0.3, 0.4) is 0 Å². The SMILES string of the molecule is COc1ccc2occ(C(=O)Nc3cccc(C(=O)C(C)(C)C)c3)c2c1. The van der Waals surface area contributed by atoms with E-state index in [1.807, 2.05) is 20.8 Å². The maximum absolute atomic E-state index is 12.7. The summed E-state index contributed by atoms with van der Waals surface area (Å²) >= 11 is 0. The summed E-state index contributed by atoms with van der Waals surface area (Å²) in [5.74, 6) is 0.357. The van der Waals surface area contributed by atoms with Crippen molar-refractivity contribution >= 4 is 28.3 Å². The Bertz CT molecular complexity index is 979. The van der Waals surface area contributed by atoms with Crippen molar-refractivity contribution in [3.63, 3.8) is 0 Å². The van der Waals surface area contributed by atoms with Crippen LogP contribution in [0.5, 0.6) is 5.75 Å². The monoisotopic (exact) mass is 351 g/mol. The van der Waals surface area contributed by atoms with Gasteiger partial charge in [-0.2, -0.15) is 0 Å². The third-order valence-electron chi connectivity index (χ3n) is 4.09. The molecule has 0 bridgehead atoms. The van der Waals surface area contributed by atoms with Gasteiger partial charge in [-0.3, -0.25) is 9.59 Å². The number of hydrogen-bond donors (Lipinski definition) is 1. The first-order chi connectivity index (χ1) is 12.3. The lowest BCUT2D eigenvalue weighted by Gasteiger charge is -2.17. The molecule has 3 aromatic rings. The van der Waals surface area contributed by atoms with Crippen LogP contribution in [0.1, 0.15) is 41.5 Å². The van der Waals surface area contributed by atoms with Crippen LogP contribution in [0, 0.1) is 5.41 Å². The van der Waals surface area contributed by atoms with Gasteiger partial charge in [-0.05, 0) is 30.3 Å². The van der Waals surface area contributed by atoms with Crippen molar-refractivity contribution in [2.45, 2.75) is 20.8 Å². The molecule has 0 aliphatic carbocycles. The second-order valence-electron chi connectivity index (χ2n) is 7.13. The number of ketones is 1. The van der Waals surface area contributed by atoms with Gasteiger partial charge in [0.05, 0.1) is 12.7 Å². The van der Waals surface area contributed by atoms with Crippen molar-refractivity contribution in [1.82, 2.24) is 0 Å². The number of benzene rings is 2. The van der Waals surface area contributed by atoms with Gasteiger partial charge in [0.2, 0.25) is 0 Å². The van der Waals surface area contributed by atoms with Gasteiger partial charge in [0.15, 0.2) is 5.78 Å². The molecule has 134 valence electrons. The van der Waals surface area contributed by atoms with Crippen LogP contribution in [-0.2, 0) is 0 Å². The predicted molar refractivity (Wildman–Crippen MR) is 101 cm³/mol. The Balaban J connectivity index is 1.88. The van der Waals surface area contributed by atoms with E-state index < -0.39 is 5.41 Å². The zero-order chi connectivity index (χ0) is 18.9. The molecule has 1 heterocycles. The lowest BCUT2D eigenvalue weighted by Crippen LogP contribution is -2.20. The highest BCUT2D eigenvalue weighted by atomic mass is 16.5. The van der Waals surface area contributed by atoms with Crippen LogP contribution in [0.4, 0.5) is 5.69 Å². The first-order valence-corrected chi connectivity index (χ1v) is 8.31. The molecule has 0 atom stereocenters. The summed E-state index contributed by atoms with van der Waals surface area (Å²) in [6.45, 7) is 5.60. The maximum atomic E-state index is 12.7. The van der Waals surface area contributed by atoms with Gasteiger partial charge in [-0.1, -0.05) is 32.9 Å². The number of amides is 1. The summed E-state index contributed by atoms with van der Waals surface area (Å²) in [4.78, 5) is 25.1. The van der Waals surface area contributed by atoms with E-state index in [0.717, 1.165) is 0 Å². The van der Waals surface area contributed by atoms with Gasteiger partial charge in [-0.15, -0.1) is 0 Å². The topological polar surface area (TPSA) is 68.5 Å². The molecule has 3 rings (SSSR count). The average molecular weight is 351 g/mol. The highest BCUT2D eigenvalue weighted by Gasteiger charge is 2.23. The normalized spacial score (nSPS) is 11.4. The number of furan rings is 1. The number of ether oxygens (including phenoxy) is 1.